The lowest BCUT2D eigenvalue weighted by Crippen LogP contribution is -2.46. The first kappa shape index (κ1) is 16.3. The van der Waals surface area contributed by atoms with E-state index in [2.05, 4.69) is 45.2 Å². The molecule has 4 rings (SSSR count). The van der Waals surface area contributed by atoms with Crippen LogP contribution in [0.5, 0.6) is 0 Å². The van der Waals surface area contributed by atoms with Crippen LogP contribution in [-0.2, 0) is 16.8 Å². The molecule has 1 heterocycles. The number of nitrogens with zero attached hydrogens (tertiary/aromatic N) is 3. The fourth-order valence-corrected chi connectivity index (χ4v) is 4.26. The summed E-state index contributed by atoms with van der Waals surface area (Å²) in [5.74, 6) is 1.01. The van der Waals surface area contributed by atoms with Crippen LogP contribution in [0.4, 0.5) is 0 Å². The van der Waals surface area contributed by atoms with E-state index in [1.165, 1.54) is 30.4 Å². The number of aryl methyl sites for hydroxylation is 1. The van der Waals surface area contributed by atoms with Crippen molar-refractivity contribution in [3.63, 3.8) is 0 Å². The first-order valence-corrected chi connectivity index (χ1v) is 9.43. The zero-order valence-corrected chi connectivity index (χ0v) is 14.9. The molecule has 2 fully saturated rings. The summed E-state index contributed by atoms with van der Waals surface area (Å²) >= 11 is 0. The summed E-state index contributed by atoms with van der Waals surface area (Å²) < 4.78 is 2.11. The van der Waals surface area contributed by atoms with Gasteiger partial charge in [0.2, 0.25) is 5.91 Å². The minimum absolute atomic E-state index is 0.145. The SMILES string of the molecule is Cc1ccccc1C1(C(=O)NCc2nncn2C2CC2)CCCCC1. The van der Waals surface area contributed by atoms with Gasteiger partial charge in [0.15, 0.2) is 5.82 Å². The summed E-state index contributed by atoms with van der Waals surface area (Å²) in [6.45, 7) is 2.58. The van der Waals surface area contributed by atoms with E-state index in [1.807, 2.05) is 6.07 Å². The van der Waals surface area contributed by atoms with Crippen molar-refractivity contribution in [3.8, 4) is 0 Å². The highest BCUT2D eigenvalue weighted by atomic mass is 16.2. The van der Waals surface area contributed by atoms with Crippen molar-refractivity contribution in [2.75, 3.05) is 0 Å². The Balaban J connectivity index is 1.56. The van der Waals surface area contributed by atoms with Gasteiger partial charge in [-0.1, -0.05) is 43.5 Å². The molecule has 1 N–H and O–H groups in total. The van der Waals surface area contributed by atoms with Gasteiger partial charge in [0.25, 0.3) is 0 Å². The van der Waals surface area contributed by atoms with E-state index in [0.29, 0.717) is 12.6 Å². The number of hydrogen-bond donors (Lipinski definition) is 1. The molecule has 2 saturated carbocycles. The lowest BCUT2D eigenvalue weighted by molar-refractivity contribution is -0.128. The fraction of sp³-hybridized carbons (Fsp3) is 0.550. The Hall–Kier alpha value is -2.17. The number of carbonyl (C=O) groups is 1. The van der Waals surface area contributed by atoms with Crippen LogP contribution in [0.3, 0.4) is 0 Å². The van der Waals surface area contributed by atoms with Gasteiger partial charge in [-0.25, -0.2) is 0 Å². The maximum absolute atomic E-state index is 13.3. The maximum atomic E-state index is 13.3. The van der Waals surface area contributed by atoms with E-state index < -0.39 is 5.41 Å². The van der Waals surface area contributed by atoms with Gasteiger partial charge in [-0.2, -0.15) is 0 Å². The molecule has 0 spiro atoms. The first-order valence-electron chi connectivity index (χ1n) is 9.43. The van der Waals surface area contributed by atoms with Crippen molar-refractivity contribution >= 4 is 5.91 Å². The third-order valence-electron chi connectivity index (χ3n) is 5.80. The second kappa shape index (κ2) is 6.62. The molecule has 5 heteroatoms. The fourth-order valence-electron chi connectivity index (χ4n) is 4.26. The summed E-state index contributed by atoms with van der Waals surface area (Å²) in [5.41, 5.74) is 2.00. The smallest absolute Gasteiger partial charge is 0.231 e. The molecule has 0 radical (unpaired) electrons. The molecule has 2 aliphatic rings. The van der Waals surface area contributed by atoms with Crippen molar-refractivity contribution in [1.82, 2.24) is 20.1 Å². The summed E-state index contributed by atoms with van der Waals surface area (Å²) in [7, 11) is 0. The van der Waals surface area contributed by atoms with E-state index in [1.54, 1.807) is 6.33 Å². The highest BCUT2D eigenvalue weighted by Gasteiger charge is 2.42. The molecule has 5 nitrogen and oxygen atoms in total. The molecule has 1 amide bonds. The van der Waals surface area contributed by atoms with Crippen LogP contribution in [0.1, 0.15) is 67.9 Å². The molecule has 2 aromatic rings. The molecule has 0 bridgehead atoms. The average molecular weight is 338 g/mol. The van der Waals surface area contributed by atoms with Gasteiger partial charge in [0.1, 0.15) is 6.33 Å². The van der Waals surface area contributed by atoms with Gasteiger partial charge < -0.3 is 9.88 Å². The van der Waals surface area contributed by atoms with Gasteiger partial charge in [-0.3, -0.25) is 4.79 Å². The lowest BCUT2D eigenvalue weighted by atomic mass is 9.67. The quantitative estimate of drug-likeness (QED) is 0.908. The molecule has 25 heavy (non-hydrogen) atoms. The van der Waals surface area contributed by atoms with E-state index in [9.17, 15) is 4.79 Å². The average Bonchev–Trinajstić information content (AvgIpc) is 3.38. The topological polar surface area (TPSA) is 59.8 Å². The van der Waals surface area contributed by atoms with E-state index in [4.69, 9.17) is 0 Å². The third kappa shape index (κ3) is 3.08. The molecule has 1 aromatic carbocycles. The van der Waals surface area contributed by atoms with E-state index in [0.717, 1.165) is 31.5 Å². The van der Waals surface area contributed by atoms with Crippen molar-refractivity contribution in [2.24, 2.45) is 0 Å². The number of hydrogen-bond acceptors (Lipinski definition) is 3. The van der Waals surface area contributed by atoms with E-state index >= 15 is 0 Å². The van der Waals surface area contributed by atoms with Crippen LogP contribution in [-0.4, -0.2) is 20.7 Å². The second-order valence-corrected chi connectivity index (χ2v) is 7.53. The van der Waals surface area contributed by atoms with Crippen LogP contribution in [0, 0.1) is 6.92 Å². The molecular formula is C20H26N4O. The predicted octanol–water partition coefficient (Wildman–Crippen LogP) is 3.44. The van der Waals surface area contributed by atoms with E-state index in [-0.39, 0.29) is 5.91 Å². The highest BCUT2D eigenvalue weighted by Crippen LogP contribution is 2.41. The first-order chi connectivity index (χ1) is 12.2. The van der Waals surface area contributed by atoms with Gasteiger partial charge >= 0.3 is 0 Å². The van der Waals surface area contributed by atoms with Crippen molar-refractivity contribution in [3.05, 3.63) is 47.5 Å². The number of nitrogens with one attached hydrogen (secondary N) is 1. The predicted molar refractivity (Wildman–Crippen MR) is 96.1 cm³/mol. The van der Waals surface area contributed by atoms with Gasteiger partial charge in [0, 0.05) is 6.04 Å². The molecule has 2 aliphatic carbocycles. The number of amides is 1. The Morgan fingerprint density at radius 2 is 2.00 bits per heavy atom. The van der Waals surface area contributed by atoms with Crippen molar-refractivity contribution in [2.45, 2.75) is 69.9 Å². The number of rotatable bonds is 5. The molecule has 0 saturated heterocycles. The van der Waals surface area contributed by atoms with Crippen molar-refractivity contribution in [1.29, 1.82) is 0 Å². The molecule has 0 unspecified atom stereocenters. The van der Waals surface area contributed by atoms with Crippen LogP contribution in [0.25, 0.3) is 0 Å². The Kier molecular flexibility index (Phi) is 4.32. The largest absolute Gasteiger partial charge is 0.348 e. The maximum Gasteiger partial charge on any atom is 0.231 e. The molecule has 0 atom stereocenters. The summed E-state index contributed by atoms with van der Waals surface area (Å²) in [4.78, 5) is 13.3. The monoisotopic (exact) mass is 338 g/mol. The molecule has 0 aliphatic heterocycles. The molecular weight excluding hydrogens is 312 g/mol. The van der Waals surface area contributed by atoms with Crippen LogP contribution in [0.15, 0.2) is 30.6 Å². The van der Waals surface area contributed by atoms with Crippen LogP contribution in [0.2, 0.25) is 0 Å². The minimum Gasteiger partial charge on any atom is -0.348 e. The Bertz CT molecular complexity index is 757. The summed E-state index contributed by atoms with van der Waals surface area (Å²) in [6, 6.07) is 8.87. The standard InChI is InChI=1S/C20H26N4O/c1-15-7-3-4-8-17(15)20(11-5-2-6-12-20)19(25)21-13-18-23-22-14-24(18)16-9-10-16/h3-4,7-8,14,16H,2,5-6,9-13H2,1H3,(H,21,25). The van der Waals surface area contributed by atoms with Gasteiger partial charge in [-0.05, 0) is 43.7 Å². The Labute approximate surface area is 148 Å². The number of aromatic nitrogens is 3. The normalized spacial score (nSPS) is 19.6. The lowest BCUT2D eigenvalue weighted by Gasteiger charge is -2.37. The minimum atomic E-state index is -0.395. The zero-order chi connectivity index (χ0) is 17.3. The zero-order valence-electron chi connectivity index (χ0n) is 14.9. The molecule has 1 aromatic heterocycles. The van der Waals surface area contributed by atoms with Crippen LogP contribution < -0.4 is 5.32 Å². The highest BCUT2D eigenvalue weighted by molar-refractivity contribution is 5.88. The second-order valence-electron chi connectivity index (χ2n) is 7.53. The molecule has 132 valence electrons. The third-order valence-corrected chi connectivity index (χ3v) is 5.80. The Morgan fingerprint density at radius 3 is 2.72 bits per heavy atom. The Morgan fingerprint density at radius 1 is 1.24 bits per heavy atom. The van der Waals surface area contributed by atoms with Gasteiger partial charge in [-0.15, -0.1) is 10.2 Å². The number of benzene rings is 1. The summed E-state index contributed by atoms with van der Waals surface area (Å²) in [6.07, 6.45) is 9.46. The summed E-state index contributed by atoms with van der Waals surface area (Å²) in [5, 5.41) is 11.4. The van der Waals surface area contributed by atoms with Gasteiger partial charge in [0.05, 0.1) is 12.0 Å². The van der Waals surface area contributed by atoms with Crippen molar-refractivity contribution < 1.29 is 4.79 Å². The van der Waals surface area contributed by atoms with Crippen LogP contribution >= 0.6 is 0 Å². The number of carbonyl (C=O) groups excluding carboxylic acids is 1.